The van der Waals surface area contributed by atoms with Crippen LogP contribution in [0.15, 0.2) is 59.5 Å². The van der Waals surface area contributed by atoms with Gasteiger partial charge in [0.15, 0.2) is 15.1 Å². The van der Waals surface area contributed by atoms with E-state index in [2.05, 4.69) is 0 Å². The number of benzene rings is 2. The number of rotatable bonds is 5. The molecule has 2 rings (SSSR count). The number of carbonyl (C=O) groups excluding carboxylic acids is 1. The molecule has 22 heavy (non-hydrogen) atoms. The first-order chi connectivity index (χ1) is 10.5. The Bertz CT molecular complexity index is 734. The zero-order valence-electron chi connectivity index (χ0n) is 12.5. The van der Waals surface area contributed by atoms with Gasteiger partial charge in [-0.1, -0.05) is 48.0 Å². The van der Waals surface area contributed by atoms with Crippen molar-refractivity contribution in [1.29, 1.82) is 0 Å². The van der Waals surface area contributed by atoms with Gasteiger partial charge in [0.1, 0.15) is 0 Å². The van der Waals surface area contributed by atoms with Crippen LogP contribution in [-0.2, 0) is 19.4 Å². The van der Waals surface area contributed by atoms with Crippen molar-refractivity contribution in [1.82, 2.24) is 0 Å². The standard InChI is InChI=1S/C17H18O4S/c1-3-21-17(18)16(14-11-9-13(2)10-12-14)22(19,20)15-7-5-4-6-8-15/h4-12,16H,3H2,1-2H3. The molecular weight excluding hydrogens is 300 g/mol. The number of hydrogen-bond donors (Lipinski definition) is 0. The van der Waals surface area contributed by atoms with Gasteiger partial charge in [-0.2, -0.15) is 0 Å². The normalized spacial score (nSPS) is 12.6. The van der Waals surface area contributed by atoms with E-state index in [-0.39, 0.29) is 11.5 Å². The third-order valence-electron chi connectivity index (χ3n) is 3.26. The maximum atomic E-state index is 12.8. The van der Waals surface area contributed by atoms with E-state index in [4.69, 9.17) is 4.74 Å². The van der Waals surface area contributed by atoms with Gasteiger partial charge in [0, 0.05) is 0 Å². The average molecular weight is 318 g/mol. The van der Waals surface area contributed by atoms with Crippen molar-refractivity contribution in [3.8, 4) is 0 Å². The highest BCUT2D eigenvalue weighted by molar-refractivity contribution is 7.92. The average Bonchev–Trinajstić information content (AvgIpc) is 2.50. The van der Waals surface area contributed by atoms with Gasteiger partial charge >= 0.3 is 5.97 Å². The zero-order valence-corrected chi connectivity index (χ0v) is 13.3. The van der Waals surface area contributed by atoms with Crippen LogP contribution in [0.3, 0.4) is 0 Å². The number of esters is 1. The molecule has 5 heteroatoms. The SMILES string of the molecule is CCOC(=O)C(c1ccc(C)cc1)S(=O)(=O)c1ccccc1. The van der Waals surface area contributed by atoms with Crippen LogP contribution in [0.1, 0.15) is 23.3 Å². The van der Waals surface area contributed by atoms with Crippen LogP contribution in [0.25, 0.3) is 0 Å². The topological polar surface area (TPSA) is 60.4 Å². The lowest BCUT2D eigenvalue weighted by Gasteiger charge is -2.17. The summed E-state index contributed by atoms with van der Waals surface area (Å²) in [4.78, 5) is 12.4. The number of sulfone groups is 1. The highest BCUT2D eigenvalue weighted by Crippen LogP contribution is 2.30. The third kappa shape index (κ3) is 3.36. The fourth-order valence-electron chi connectivity index (χ4n) is 2.15. The summed E-state index contributed by atoms with van der Waals surface area (Å²) in [6.07, 6.45) is 0. The molecule has 0 saturated carbocycles. The van der Waals surface area contributed by atoms with Crippen LogP contribution >= 0.6 is 0 Å². The molecule has 0 heterocycles. The van der Waals surface area contributed by atoms with Gasteiger partial charge in [0.25, 0.3) is 0 Å². The molecule has 0 spiro atoms. The molecule has 0 aliphatic heterocycles. The maximum Gasteiger partial charge on any atom is 0.329 e. The summed E-state index contributed by atoms with van der Waals surface area (Å²) >= 11 is 0. The minimum absolute atomic E-state index is 0.105. The van der Waals surface area contributed by atoms with E-state index in [1.807, 2.05) is 6.92 Å². The quantitative estimate of drug-likeness (QED) is 0.795. The number of hydrogen-bond acceptors (Lipinski definition) is 4. The Kier molecular flexibility index (Phi) is 4.98. The molecule has 0 bridgehead atoms. The van der Waals surface area contributed by atoms with Crippen LogP contribution in [-0.4, -0.2) is 21.0 Å². The van der Waals surface area contributed by atoms with Gasteiger partial charge < -0.3 is 4.74 Å². The predicted molar refractivity (Wildman–Crippen MR) is 84.2 cm³/mol. The minimum Gasteiger partial charge on any atom is -0.465 e. The lowest BCUT2D eigenvalue weighted by Crippen LogP contribution is -2.24. The second kappa shape index (κ2) is 6.75. The van der Waals surface area contributed by atoms with E-state index in [9.17, 15) is 13.2 Å². The fourth-order valence-corrected chi connectivity index (χ4v) is 3.79. The highest BCUT2D eigenvalue weighted by Gasteiger charge is 2.36. The van der Waals surface area contributed by atoms with E-state index in [1.165, 1.54) is 12.1 Å². The molecule has 0 aliphatic rings. The summed E-state index contributed by atoms with van der Waals surface area (Å²) in [5.74, 6) is -0.754. The van der Waals surface area contributed by atoms with Crippen LogP contribution in [0.5, 0.6) is 0 Å². The van der Waals surface area contributed by atoms with E-state index < -0.39 is 21.1 Å². The van der Waals surface area contributed by atoms with Crippen molar-refractivity contribution in [2.45, 2.75) is 24.0 Å². The molecule has 0 saturated heterocycles. The summed E-state index contributed by atoms with van der Waals surface area (Å²) in [6.45, 7) is 3.68. The van der Waals surface area contributed by atoms with Crippen LogP contribution in [0.2, 0.25) is 0 Å². The molecule has 2 aromatic carbocycles. The molecule has 0 N–H and O–H groups in total. The van der Waals surface area contributed by atoms with Crippen molar-refractivity contribution in [2.24, 2.45) is 0 Å². The lowest BCUT2D eigenvalue weighted by atomic mass is 10.1. The Hall–Kier alpha value is -2.14. The van der Waals surface area contributed by atoms with E-state index >= 15 is 0 Å². The fraction of sp³-hybridized carbons (Fsp3) is 0.235. The van der Waals surface area contributed by atoms with Gasteiger partial charge in [-0.25, -0.2) is 8.42 Å². The zero-order chi connectivity index (χ0) is 16.2. The molecule has 0 fully saturated rings. The lowest BCUT2D eigenvalue weighted by molar-refractivity contribution is -0.142. The van der Waals surface area contributed by atoms with Gasteiger partial charge in [-0.05, 0) is 31.5 Å². The number of aryl methyl sites for hydroxylation is 1. The predicted octanol–water partition coefficient (Wildman–Crippen LogP) is 3.07. The van der Waals surface area contributed by atoms with Crippen molar-refractivity contribution in [2.75, 3.05) is 6.61 Å². The first kappa shape index (κ1) is 16.2. The van der Waals surface area contributed by atoms with Gasteiger partial charge in [-0.15, -0.1) is 0 Å². The van der Waals surface area contributed by atoms with Crippen LogP contribution in [0, 0.1) is 6.92 Å². The van der Waals surface area contributed by atoms with Crippen molar-refractivity contribution >= 4 is 15.8 Å². The molecule has 1 atom stereocenters. The minimum atomic E-state index is -3.86. The molecule has 0 aliphatic carbocycles. The van der Waals surface area contributed by atoms with Crippen LogP contribution in [0.4, 0.5) is 0 Å². The first-order valence-electron chi connectivity index (χ1n) is 6.99. The van der Waals surface area contributed by atoms with E-state index in [0.717, 1.165) is 5.56 Å². The second-order valence-corrected chi connectivity index (χ2v) is 6.93. The monoisotopic (exact) mass is 318 g/mol. The number of ether oxygens (including phenoxy) is 1. The second-order valence-electron chi connectivity index (χ2n) is 4.90. The summed E-state index contributed by atoms with van der Waals surface area (Å²) in [7, 11) is -3.86. The Morgan fingerprint density at radius 2 is 1.64 bits per heavy atom. The van der Waals surface area contributed by atoms with Crippen molar-refractivity contribution in [3.63, 3.8) is 0 Å². The Morgan fingerprint density at radius 3 is 2.18 bits per heavy atom. The van der Waals surface area contributed by atoms with Crippen molar-refractivity contribution < 1.29 is 17.9 Å². The molecule has 4 nitrogen and oxygen atoms in total. The summed E-state index contributed by atoms with van der Waals surface area (Å²) in [5.41, 5.74) is 1.40. The van der Waals surface area contributed by atoms with Crippen LogP contribution < -0.4 is 0 Å². The maximum absolute atomic E-state index is 12.8. The van der Waals surface area contributed by atoms with Gasteiger partial charge in [0.2, 0.25) is 0 Å². The summed E-state index contributed by atoms with van der Waals surface area (Å²) < 4.78 is 30.6. The molecule has 0 aromatic heterocycles. The van der Waals surface area contributed by atoms with Gasteiger partial charge in [-0.3, -0.25) is 4.79 Å². The Morgan fingerprint density at radius 1 is 1.05 bits per heavy atom. The molecule has 0 radical (unpaired) electrons. The first-order valence-corrected chi connectivity index (χ1v) is 8.53. The molecule has 116 valence electrons. The Labute approximate surface area is 130 Å². The summed E-state index contributed by atoms with van der Waals surface area (Å²) in [5, 5.41) is -1.35. The molecular formula is C17H18O4S. The van der Waals surface area contributed by atoms with Crippen molar-refractivity contribution in [3.05, 3.63) is 65.7 Å². The smallest absolute Gasteiger partial charge is 0.329 e. The molecule has 0 amide bonds. The van der Waals surface area contributed by atoms with Gasteiger partial charge in [0.05, 0.1) is 11.5 Å². The summed E-state index contributed by atoms with van der Waals surface area (Å²) in [6, 6.07) is 14.8. The Balaban J connectivity index is 2.54. The highest BCUT2D eigenvalue weighted by atomic mass is 32.2. The largest absolute Gasteiger partial charge is 0.465 e. The van der Waals surface area contributed by atoms with E-state index in [0.29, 0.717) is 5.56 Å². The molecule has 1 unspecified atom stereocenters. The number of carbonyl (C=O) groups is 1. The third-order valence-corrected chi connectivity index (χ3v) is 5.28. The van der Waals surface area contributed by atoms with E-state index in [1.54, 1.807) is 49.4 Å². The molecule has 2 aromatic rings.